The summed E-state index contributed by atoms with van der Waals surface area (Å²) in [6, 6.07) is 8.31. The zero-order valence-corrected chi connectivity index (χ0v) is 22.2. The molecule has 0 atom stereocenters. The van der Waals surface area contributed by atoms with Crippen molar-refractivity contribution in [3.8, 4) is 11.4 Å². The second-order valence-electron chi connectivity index (χ2n) is 8.69. The van der Waals surface area contributed by atoms with E-state index in [0.717, 1.165) is 11.3 Å². The van der Waals surface area contributed by atoms with Gasteiger partial charge in [0, 0.05) is 26.9 Å². The number of oxazole rings is 1. The number of hydrogen-bond acceptors (Lipinski definition) is 8. The number of carbonyl (C=O) groups is 2. The topological polar surface area (TPSA) is 112 Å². The van der Waals surface area contributed by atoms with Crippen LogP contribution in [-0.4, -0.2) is 31.0 Å². The Kier molecular flexibility index (Phi) is 7.11. The Balaban J connectivity index is 1.78. The number of hydrogen-bond donors (Lipinski definition) is 1. The first-order chi connectivity index (χ1) is 16.5. The molecule has 0 fully saturated rings. The van der Waals surface area contributed by atoms with Crippen molar-refractivity contribution in [2.45, 2.75) is 33.9 Å². The summed E-state index contributed by atoms with van der Waals surface area (Å²) in [6.07, 6.45) is 2.37. The van der Waals surface area contributed by atoms with Gasteiger partial charge in [-0.1, -0.05) is 32.4 Å². The van der Waals surface area contributed by atoms with Gasteiger partial charge < -0.3 is 9.73 Å². The Hall–Kier alpha value is -3.02. The van der Waals surface area contributed by atoms with Gasteiger partial charge in [0.15, 0.2) is 6.39 Å². The fourth-order valence-corrected chi connectivity index (χ4v) is 4.84. The summed E-state index contributed by atoms with van der Waals surface area (Å²) in [5.41, 5.74) is -0.320. The Morgan fingerprint density at radius 2 is 2.00 bits per heavy atom. The minimum Gasteiger partial charge on any atom is -0.451 e. The van der Waals surface area contributed by atoms with Gasteiger partial charge >= 0.3 is 0 Å². The Bertz CT molecular complexity index is 1450. The third kappa shape index (κ3) is 5.47. The number of carbonyl (C=O) groups excluding carboxylic acids is 2. The average molecular weight is 579 g/mol. The standard InChI is InChI=1S/C23H21BrClN5O4S/c1-23(2,3)22(33)30-19(26-9-13-4-6-18(25)35-13)8-15(28-30)21-14(24)5-7-20(32)29(21)10-17(31)16-11-34-12-27-16/h4-8,11-12,26H,9-10H2,1-3H3. The molecule has 0 saturated heterocycles. The molecule has 0 amide bonds. The molecular formula is C23H21BrClN5O4S. The number of aromatic nitrogens is 4. The maximum absolute atomic E-state index is 13.2. The number of Topliss-reactive ketones (excluding diaryl/α,β-unsaturated/α-hetero) is 1. The van der Waals surface area contributed by atoms with E-state index in [-0.39, 0.29) is 18.1 Å². The molecule has 0 aromatic carbocycles. The fourth-order valence-electron chi connectivity index (χ4n) is 3.26. The van der Waals surface area contributed by atoms with Crippen LogP contribution in [0.3, 0.4) is 0 Å². The fraction of sp³-hybridized carbons (Fsp3) is 0.261. The van der Waals surface area contributed by atoms with Gasteiger partial charge in [0.05, 0.1) is 23.1 Å². The molecule has 9 nitrogen and oxygen atoms in total. The molecular weight excluding hydrogens is 558 g/mol. The number of nitrogens with zero attached hydrogens (tertiary/aromatic N) is 4. The van der Waals surface area contributed by atoms with Crippen molar-refractivity contribution in [3.05, 3.63) is 72.7 Å². The second kappa shape index (κ2) is 9.92. The van der Waals surface area contributed by atoms with E-state index in [2.05, 4.69) is 31.3 Å². The third-order valence-electron chi connectivity index (χ3n) is 5.01. The van der Waals surface area contributed by atoms with Crippen molar-refractivity contribution in [1.29, 1.82) is 0 Å². The minimum absolute atomic E-state index is 0.105. The molecule has 0 spiro atoms. The summed E-state index contributed by atoms with van der Waals surface area (Å²) in [7, 11) is 0. The lowest BCUT2D eigenvalue weighted by Gasteiger charge is -2.18. The molecule has 0 saturated carbocycles. The van der Waals surface area contributed by atoms with E-state index < -0.39 is 16.8 Å². The van der Waals surface area contributed by atoms with Crippen molar-refractivity contribution in [3.63, 3.8) is 0 Å². The van der Waals surface area contributed by atoms with E-state index in [1.807, 2.05) is 6.07 Å². The molecule has 35 heavy (non-hydrogen) atoms. The maximum atomic E-state index is 13.2. The van der Waals surface area contributed by atoms with Crippen LogP contribution < -0.4 is 10.9 Å². The van der Waals surface area contributed by atoms with E-state index in [0.29, 0.717) is 32.6 Å². The van der Waals surface area contributed by atoms with Crippen LogP contribution in [0.1, 0.15) is 40.9 Å². The first kappa shape index (κ1) is 25.1. The Morgan fingerprint density at radius 3 is 2.63 bits per heavy atom. The molecule has 4 rings (SSSR count). The summed E-state index contributed by atoms with van der Waals surface area (Å²) < 4.78 is 8.67. The van der Waals surface area contributed by atoms with Crippen LogP contribution in [0.25, 0.3) is 11.4 Å². The quantitative estimate of drug-likeness (QED) is 0.294. The Labute approximate surface area is 217 Å². The highest BCUT2D eigenvalue weighted by Gasteiger charge is 2.28. The highest BCUT2D eigenvalue weighted by molar-refractivity contribution is 9.10. The van der Waals surface area contributed by atoms with E-state index in [1.165, 1.54) is 32.9 Å². The summed E-state index contributed by atoms with van der Waals surface area (Å²) in [4.78, 5) is 43.5. The molecule has 4 heterocycles. The largest absolute Gasteiger partial charge is 0.451 e. The molecule has 4 aromatic heterocycles. The molecule has 0 unspecified atom stereocenters. The summed E-state index contributed by atoms with van der Waals surface area (Å²) >= 11 is 10.9. The predicted octanol–water partition coefficient (Wildman–Crippen LogP) is 5.36. The highest BCUT2D eigenvalue weighted by atomic mass is 79.9. The van der Waals surface area contributed by atoms with Gasteiger partial charge in [-0.2, -0.15) is 9.78 Å². The number of nitrogens with one attached hydrogen (secondary N) is 1. The van der Waals surface area contributed by atoms with Crippen LogP contribution in [-0.2, 0) is 13.1 Å². The SMILES string of the molecule is CC(C)(C)C(=O)n1nc(-c2c(Br)ccc(=O)n2CC(=O)c2cocn2)cc1NCc1ccc(Cl)s1. The van der Waals surface area contributed by atoms with Crippen molar-refractivity contribution in [2.75, 3.05) is 5.32 Å². The van der Waals surface area contributed by atoms with Crippen molar-refractivity contribution >= 4 is 56.4 Å². The summed E-state index contributed by atoms with van der Waals surface area (Å²) in [5.74, 6) is -0.199. The van der Waals surface area contributed by atoms with Crippen molar-refractivity contribution in [2.24, 2.45) is 5.41 Å². The first-order valence-corrected chi connectivity index (χ1v) is 12.5. The number of pyridine rings is 1. The molecule has 12 heteroatoms. The van der Waals surface area contributed by atoms with Crippen LogP contribution in [0.15, 0.2) is 56.7 Å². The zero-order valence-electron chi connectivity index (χ0n) is 19.0. The number of halogens is 2. The minimum atomic E-state index is -0.720. The normalized spacial score (nSPS) is 11.6. The molecule has 0 aliphatic carbocycles. The number of rotatable bonds is 7. The van der Waals surface area contributed by atoms with E-state index in [4.69, 9.17) is 16.0 Å². The molecule has 0 bridgehead atoms. The van der Waals surface area contributed by atoms with Gasteiger partial charge in [0.2, 0.25) is 5.78 Å². The number of anilines is 1. The molecule has 182 valence electrons. The predicted molar refractivity (Wildman–Crippen MR) is 137 cm³/mol. The third-order valence-corrected chi connectivity index (χ3v) is 6.88. The number of thiophene rings is 1. The first-order valence-electron chi connectivity index (χ1n) is 10.5. The Morgan fingerprint density at radius 1 is 1.23 bits per heavy atom. The number of ketones is 1. The zero-order chi connectivity index (χ0) is 25.3. The lowest BCUT2D eigenvalue weighted by atomic mass is 9.96. The van der Waals surface area contributed by atoms with Gasteiger partial charge in [-0.05, 0) is 34.1 Å². The molecule has 1 N–H and O–H groups in total. The van der Waals surface area contributed by atoms with Gasteiger partial charge in [-0.15, -0.1) is 11.3 Å². The van der Waals surface area contributed by atoms with E-state index >= 15 is 0 Å². The van der Waals surface area contributed by atoms with Crippen LogP contribution in [0.5, 0.6) is 0 Å². The highest BCUT2D eigenvalue weighted by Crippen LogP contribution is 2.31. The van der Waals surface area contributed by atoms with E-state index in [9.17, 15) is 14.4 Å². The van der Waals surface area contributed by atoms with Gasteiger partial charge in [0.25, 0.3) is 11.5 Å². The molecule has 0 radical (unpaired) electrons. The smallest absolute Gasteiger partial charge is 0.254 e. The van der Waals surface area contributed by atoms with Crippen molar-refractivity contribution in [1.82, 2.24) is 19.3 Å². The van der Waals surface area contributed by atoms with Crippen molar-refractivity contribution < 1.29 is 14.0 Å². The van der Waals surface area contributed by atoms with E-state index in [1.54, 1.807) is 39.0 Å². The van der Waals surface area contributed by atoms with Crippen LogP contribution >= 0.6 is 38.9 Å². The second-order valence-corrected chi connectivity index (χ2v) is 11.3. The lowest BCUT2D eigenvalue weighted by Crippen LogP contribution is -2.29. The van der Waals surface area contributed by atoms with Gasteiger partial charge in [-0.3, -0.25) is 19.0 Å². The summed E-state index contributed by atoms with van der Waals surface area (Å²) in [5, 5.41) is 7.79. The molecule has 0 aliphatic heterocycles. The van der Waals surface area contributed by atoms with Gasteiger partial charge in [0.1, 0.15) is 23.5 Å². The lowest BCUT2D eigenvalue weighted by molar-refractivity contribution is 0.0752. The monoisotopic (exact) mass is 577 g/mol. The van der Waals surface area contributed by atoms with Crippen LogP contribution in [0, 0.1) is 5.41 Å². The van der Waals surface area contributed by atoms with Crippen LogP contribution in [0.4, 0.5) is 5.82 Å². The average Bonchev–Trinajstić information content (AvgIpc) is 3.55. The van der Waals surface area contributed by atoms with Gasteiger partial charge in [-0.25, -0.2) is 4.98 Å². The molecule has 4 aromatic rings. The molecule has 0 aliphatic rings. The van der Waals surface area contributed by atoms with Crippen LogP contribution in [0.2, 0.25) is 4.34 Å². The summed E-state index contributed by atoms with van der Waals surface area (Å²) in [6.45, 7) is 5.53. The maximum Gasteiger partial charge on any atom is 0.254 e.